The van der Waals surface area contributed by atoms with Gasteiger partial charge >= 0.3 is 11.9 Å². The minimum atomic E-state index is -2.00. The van der Waals surface area contributed by atoms with E-state index in [1.165, 1.54) is 0 Å². The quantitative estimate of drug-likeness (QED) is 0.576. The minimum absolute atomic E-state index is 0.389. The van der Waals surface area contributed by atoms with Crippen molar-refractivity contribution in [2.45, 2.75) is 59.6 Å². The second-order valence-corrected chi connectivity index (χ2v) is 15.5. The van der Waals surface area contributed by atoms with Gasteiger partial charge in [0.1, 0.15) is 0 Å². The molecule has 106 valence electrons. The van der Waals surface area contributed by atoms with Crippen molar-refractivity contribution in [1.29, 1.82) is 0 Å². The molecule has 0 aliphatic carbocycles. The molecule has 0 bridgehead atoms. The van der Waals surface area contributed by atoms with E-state index in [1.54, 1.807) is 13.8 Å². The van der Waals surface area contributed by atoms with Crippen LogP contribution in [-0.2, 0) is 18.4 Å². The Morgan fingerprint density at radius 2 is 1.17 bits per heavy atom. The summed E-state index contributed by atoms with van der Waals surface area (Å²) >= 11 is 0. The Morgan fingerprint density at radius 3 is 1.33 bits per heavy atom. The monoisotopic (exact) mass is 290 g/mol. The minimum Gasteiger partial charge on any atom is -0.519 e. The van der Waals surface area contributed by atoms with Gasteiger partial charge in [-0.25, -0.2) is 0 Å². The van der Waals surface area contributed by atoms with Crippen molar-refractivity contribution >= 4 is 28.6 Å². The number of carbonyl (C=O) groups excluding carboxylic acids is 2. The highest BCUT2D eigenvalue weighted by Crippen LogP contribution is 2.28. The SMILES string of the molecule is CCC(C)(C(=O)O[Si](C)(C)C)C(=O)O[Si](C)(C)C. The summed E-state index contributed by atoms with van der Waals surface area (Å²) in [6.07, 6.45) is 0.389. The molecule has 18 heavy (non-hydrogen) atoms. The summed E-state index contributed by atoms with van der Waals surface area (Å²) in [6, 6.07) is 0. The lowest BCUT2D eigenvalue weighted by Gasteiger charge is -2.31. The van der Waals surface area contributed by atoms with Gasteiger partial charge in [0.25, 0.3) is 0 Å². The molecule has 0 aromatic rings. The Balaban J connectivity index is 5.01. The summed E-state index contributed by atoms with van der Waals surface area (Å²) in [6.45, 7) is 14.9. The first-order chi connectivity index (χ1) is 7.82. The van der Waals surface area contributed by atoms with Crippen LogP contribution in [0.3, 0.4) is 0 Å². The molecule has 4 nitrogen and oxygen atoms in total. The second kappa shape index (κ2) is 5.56. The zero-order valence-corrected chi connectivity index (χ0v) is 14.8. The van der Waals surface area contributed by atoms with Gasteiger partial charge in [-0.3, -0.25) is 9.59 Å². The molecule has 0 aromatic heterocycles. The molecule has 0 rings (SSSR count). The molecule has 0 aliphatic rings. The molecule has 0 radical (unpaired) electrons. The van der Waals surface area contributed by atoms with Gasteiger partial charge < -0.3 is 8.85 Å². The van der Waals surface area contributed by atoms with Gasteiger partial charge in [-0.15, -0.1) is 0 Å². The number of hydrogen-bond donors (Lipinski definition) is 0. The third-order valence-electron chi connectivity index (χ3n) is 2.41. The fourth-order valence-corrected chi connectivity index (χ4v) is 2.72. The topological polar surface area (TPSA) is 52.6 Å². The van der Waals surface area contributed by atoms with E-state index in [4.69, 9.17) is 8.85 Å². The molecule has 0 spiro atoms. The van der Waals surface area contributed by atoms with E-state index in [-0.39, 0.29) is 0 Å². The van der Waals surface area contributed by atoms with Crippen LogP contribution in [0.1, 0.15) is 20.3 Å². The summed E-state index contributed by atoms with van der Waals surface area (Å²) in [4.78, 5) is 24.3. The summed E-state index contributed by atoms with van der Waals surface area (Å²) in [5.74, 6) is -0.903. The largest absolute Gasteiger partial charge is 0.519 e. The van der Waals surface area contributed by atoms with Crippen molar-refractivity contribution in [3.63, 3.8) is 0 Å². The molecule has 0 atom stereocenters. The predicted molar refractivity (Wildman–Crippen MR) is 77.3 cm³/mol. The van der Waals surface area contributed by atoms with Crippen LogP contribution in [0.5, 0.6) is 0 Å². The summed E-state index contributed by atoms with van der Waals surface area (Å²) in [5.41, 5.74) is -1.18. The Labute approximate surface area is 112 Å². The van der Waals surface area contributed by atoms with Crippen molar-refractivity contribution in [2.24, 2.45) is 5.41 Å². The lowest BCUT2D eigenvalue weighted by molar-refractivity contribution is -0.160. The predicted octanol–water partition coefficient (Wildman–Crippen LogP) is 3.16. The van der Waals surface area contributed by atoms with Gasteiger partial charge in [0.05, 0.1) is 0 Å². The van der Waals surface area contributed by atoms with E-state index in [2.05, 4.69) is 0 Å². The van der Waals surface area contributed by atoms with Gasteiger partial charge in [-0.1, -0.05) is 6.92 Å². The Morgan fingerprint density at radius 1 is 0.889 bits per heavy atom. The molecule has 0 N–H and O–H groups in total. The summed E-state index contributed by atoms with van der Waals surface area (Å²) in [7, 11) is -3.99. The van der Waals surface area contributed by atoms with Crippen LogP contribution in [0.4, 0.5) is 0 Å². The maximum absolute atomic E-state index is 12.2. The van der Waals surface area contributed by atoms with Gasteiger partial charge in [0.2, 0.25) is 16.6 Å². The molecular weight excluding hydrogens is 264 g/mol. The van der Waals surface area contributed by atoms with E-state index < -0.39 is 34.0 Å². The molecule has 0 saturated carbocycles. The Kier molecular flexibility index (Phi) is 5.37. The molecule has 0 unspecified atom stereocenters. The van der Waals surface area contributed by atoms with Crippen molar-refractivity contribution in [3.05, 3.63) is 0 Å². The standard InChI is InChI=1S/C12H26O4Si2/c1-9-12(2,10(13)15-17(3,4)5)11(14)16-18(6,7)8/h9H2,1-8H3. The van der Waals surface area contributed by atoms with Crippen molar-refractivity contribution in [1.82, 2.24) is 0 Å². The zero-order chi connectivity index (χ0) is 14.8. The van der Waals surface area contributed by atoms with Crippen LogP contribution < -0.4 is 0 Å². The highest BCUT2D eigenvalue weighted by Gasteiger charge is 2.45. The Bertz CT molecular complexity index is 298. The van der Waals surface area contributed by atoms with Crippen molar-refractivity contribution in [3.8, 4) is 0 Å². The average Bonchev–Trinajstić information content (AvgIpc) is 2.10. The van der Waals surface area contributed by atoms with Crippen LogP contribution in [0.15, 0.2) is 0 Å². The van der Waals surface area contributed by atoms with Gasteiger partial charge in [-0.2, -0.15) is 0 Å². The molecule has 0 amide bonds. The first kappa shape index (κ1) is 17.4. The van der Waals surface area contributed by atoms with E-state index in [9.17, 15) is 9.59 Å². The van der Waals surface area contributed by atoms with Crippen LogP contribution in [-0.4, -0.2) is 28.6 Å². The van der Waals surface area contributed by atoms with Crippen LogP contribution in [0.2, 0.25) is 39.3 Å². The molecule has 0 aromatic carbocycles. The number of rotatable bonds is 5. The molecule has 0 aliphatic heterocycles. The van der Waals surface area contributed by atoms with Gasteiger partial charge in [0.15, 0.2) is 5.41 Å². The molecular formula is C12H26O4Si2. The third-order valence-corrected chi connectivity index (χ3v) is 4.00. The lowest BCUT2D eigenvalue weighted by atomic mass is 9.88. The first-order valence-electron chi connectivity index (χ1n) is 6.29. The van der Waals surface area contributed by atoms with Crippen molar-refractivity contribution in [2.75, 3.05) is 0 Å². The zero-order valence-electron chi connectivity index (χ0n) is 12.8. The highest BCUT2D eigenvalue weighted by atomic mass is 28.4. The van der Waals surface area contributed by atoms with Crippen LogP contribution >= 0.6 is 0 Å². The highest BCUT2D eigenvalue weighted by molar-refractivity contribution is 6.72. The Hall–Kier alpha value is -0.626. The molecule has 0 fully saturated rings. The fourth-order valence-electron chi connectivity index (χ4n) is 1.15. The van der Waals surface area contributed by atoms with E-state index in [0.717, 1.165) is 0 Å². The first-order valence-corrected chi connectivity index (χ1v) is 13.1. The van der Waals surface area contributed by atoms with Gasteiger partial charge in [-0.05, 0) is 52.6 Å². The van der Waals surface area contributed by atoms with Crippen LogP contribution in [0, 0.1) is 5.41 Å². The maximum atomic E-state index is 12.2. The number of hydrogen-bond acceptors (Lipinski definition) is 4. The average molecular weight is 291 g/mol. The molecule has 6 heteroatoms. The summed E-state index contributed by atoms with van der Waals surface area (Å²) < 4.78 is 10.9. The smallest absolute Gasteiger partial charge is 0.309 e. The lowest BCUT2D eigenvalue weighted by Crippen LogP contribution is -2.46. The van der Waals surface area contributed by atoms with Gasteiger partial charge in [0, 0.05) is 0 Å². The molecule has 0 heterocycles. The van der Waals surface area contributed by atoms with E-state index in [1.807, 2.05) is 39.3 Å². The fraction of sp³-hybridized carbons (Fsp3) is 0.833. The maximum Gasteiger partial charge on any atom is 0.309 e. The second-order valence-electron chi connectivity index (χ2n) is 6.69. The number of carbonyl (C=O) groups is 2. The van der Waals surface area contributed by atoms with E-state index >= 15 is 0 Å². The normalized spacial score (nSPS) is 13.1. The third kappa shape index (κ3) is 5.35. The summed E-state index contributed by atoms with van der Waals surface area (Å²) in [5, 5.41) is 0. The van der Waals surface area contributed by atoms with Crippen molar-refractivity contribution < 1.29 is 18.4 Å². The molecule has 0 saturated heterocycles. The van der Waals surface area contributed by atoms with E-state index in [0.29, 0.717) is 6.42 Å². The van der Waals surface area contributed by atoms with Crippen LogP contribution in [0.25, 0.3) is 0 Å².